The van der Waals surface area contributed by atoms with Gasteiger partial charge in [-0.05, 0) is 0 Å². The summed E-state index contributed by atoms with van der Waals surface area (Å²) < 4.78 is 54.0. The first-order valence-electron chi connectivity index (χ1n) is 2.72. The summed E-state index contributed by atoms with van der Waals surface area (Å²) in [4.78, 5) is 9.81. The smallest absolute Gasteiger partial charge is 0.463 e. The third kappa shape index (κ3) is 61.8. The Bertz CT molecular complexity index is 115. The molecule has 0 radical (unpaired) electrons. The minimum absolute atomic E-state index is 0.116. The number of rotatable bonds is 2. The Morgan fingerprint density at radius 2 is 1.67 bits per heavy atom. The van der Waals surface area contributed by atoms with Crippen LogP contribution in [0.3, 0.4) is 0 Å². The Kier molecular flexibility index (Phi) is 7.77. The largest absolute Gasteiger partial charge is 0.559 e. The Labute approximate surface area is 65.3 Å². The number of ether oxygens (including phenoxy) is 1. The molecule has 0 heterocycles. The van der Waals surface area contributed by atoms with Crippen LogP contribution < -0.4 is 0 Å². The number of alkyl halides is 5. The summed E-state index contributed by atoms with van der Waals surface area (Å²) in [6.45, 7) is 0.532. The topological polar surface area (TPSA) is 26.3 Å². The third-order valence-electron chi connectivity index (χ3n) is 0.382. The summed E-state index contributed by atoms with van der Waals surface area (Å²) in [6, 6.07) is 0. The summed E-state index contributed by atoms with van der Waals surface area (Å²) in [5, 5.41) is 0. The van der Waals surface area contributed by atoms with E-state index in [9.17, 15) is 26.7 Å². The molecule has 0 aliphatic carbocycles. The molecule has 0 spiro atoms. The molecular formula is C5H7F5O2. The van der Waals surface area contributed by atoms with Crippen LogP contribution in [0.25, 0.3) is 0 Å². The van der Waals surface area contributed by atoms with Crippen LogP contribution in [0.2, 0.25) is 0 Å². The van der Waals surface area contributed by atoms with Gasteiger partial charge in [0.05, 0.1) is 0 Å². The molecule has 0 atom stereocenters. The highest BCUT2D eigenvalue weighted by Crippen LogP contribution is 2.13. The van der Waals surface area contributed by atoms with Crippen molar-refractivity contribution in [3.8, 4) is 0 Å². The summed E-state index contributed by atoms with van der Waals surface area (Å²) in [5.41, 5.74) is 0. The SMILES string of the molecule is CC(=O)OCCF.FC(F)(F)F. The minimum atomic E-state index is -5.50. The van der Waals surface area contributed by atoms with Crippen LogP contribution in [-0.2, 0) is 9.53 Å². The lowest BCUT2D eigenvalue weighted by Gasteiger charge is -1.92. The number of carbonyl (C=O) groups excluding carboxylic acids is 1. The van der Waals surface area contributed by atoms with Gasteiger partial charge in [0.25, 0.3) is 0 Å². The van der Waals surface area contributed by atoms with Crippen molar-refractivity contribution >= 4 is 5.97 Å². The molecule has 74 valence electrons. The van der Waals surface area contributed by atoms with Gasteiger partial charge >= 0.3 is 12.4 Å². The summed E-state index contributed by atoms with van der Waals surface area (Å²) in [5.74, 6) is -0.433. The van der Waals surface area contributed by atoms with Crippen LogP contribution in [-0.4, -0.2) is 25.7 Å². The van der Waals surface area contributed by atoms with Crippen LogP contribution in [0.4, 0.5) is 22.0 Å². The van der Waals surface area contributed by atoms with Crippen LogP contribution in [0, 0.1) is 0 Å². The number of esters is 1. The molecule has 0 unspecified atom stereocenters. The van der Waals surface area contributed by atoms with E-state index in [2.05, 4.69) is 4.74 Å². The number of carbonyl (C=O) groups is 1. The highest BCUT2D eigenvalue weighted by Gasteiger charge is 2.24. The number of hydrogen-bond donors (Lipinski definition) is 0. The maximum absolute atomic E-state index is 11.1. The Balaban J connectivity index is 0. The highest BCUT2D eigenvalue weighted by atomic mass is 19.5. The van der Waals surface area contributed by atoms with E-state index in [1.54, 1.807) is 0 Å². The highest BCUT2D eigenvalue weighted by molar-refractivity contribution is 5.65. The van der Waals surface area contributed by atoms with E-state index in [4.69, 9.17) is 0 Å². The normalized spacial score (nSPS) is 9.83. The van der Waals surface area contributed by atoms with E-state index in [-0.39, 0.29) is 6.61 Å². The predicted octanol–water partition coefficient (Wildman–Crippen LogP) is 1.99. The summed E-state index contributed by atoms with van der Waals surface area (Å²) in [7, 11) is 0. The molecule has 0 fully saturated rings. The first-order chi connectivity index (χ1) is 5.27. The molecule has 0 aliphatic rings. The summed E-state index contributed by atoms with van der Waals surface area (Å²) in [6.07, 6.45) is -5.50. The second kappa shape index (κ2) is 6.81. The third-order valence-corrected chi connectivity index (χ3v) is 0.382. The van der Waals surface area contributed by atoms with Gasteiger partial charge in [0.2, 0.25) is 0 Å². The van der Waals surface area contributed by atoms with Crippen molar-refractivity contribution in [1.29, 1.82) is 0 Å². The summed E-state index contributed by atoms with van der Waals surface area (Å²) >= 11 is 0. The lowest BCUT2D eigenvalue weighted by atomic mass is 10.7. The Morgan fingerprint density at radius 1 is 1.33 bits per heavy atom. The first-order valence-corrected chi connectivity index (χ1v) is 2.72. The molecule has 0 amide bonds. The van der Waals surface area contributed by atoms with E-state index in [1.807, 2.05) is 0 Å². The molecule has 0 bridgehead atoms. The molecule has 2 nitrogen and oxygen atoms in total. The molecule has 7 heteroatoms. The van der Waals surface area contributed by atoms with Gasteiger partial charge in [0.1, 0.15) is 13.3 Å². The lowest BCUT2D eigenvalue weighted by Crippen LogP contribution is -2.00. The number of hydrogen-bond acceptors (Lipinski definition) is 2. The van der Waals surface area contributed by atoms with Crippen molar-refractivity contribution in [2.24, 2.45) is 0 Å². The Morgan fingerprint density at radius 3 is 1.75 bits per heavy atom. The molecular weight excluding hydrogens is 187 g/mol. The van der Waals surface area contributed by atoms with Crippen molar-refractivity contribution < 1.29 is 31.5 Å². The quantitative estimate of drug-likeness (QED) is 0.496. The van der Waals surface area contributed by atoms with Gasteiger partial charge in [0.15, 0.2) is 0 Å². The maximum Gasteiger partial charge on any atom is 0.559 e. The van der Waals surface area contributed by atoms with E-state index in [0.717, 1.165) is 0 Å². The van der Waals surface area contributed by atoms with Gasteiger partial charge < -0.3 is 4.74 Å². The second-order valence-electron chi connectivity index (χ2n) is 1.46. The fourth-order valence-electron chi connectivity index (χ4n) is 0.182. The van der Waals surface area contributed by atoms with Crippen molar-refractivity contribution in [1.82, 2.24) is 0 Å². The van der Waals surface area contributed by atoms with Gasteiger partial charge in [-0.25, -0.2) is 4.39 Å². The molecule has 0 rings (SSSR count). The maximum atomic E-state index is 11.1. The van der Waals surface area contributed by atoms with E-state index >= 15 is 0 Å². The number of halogens is 5. The fraction of sp³-hybridized carbons (Fsp3) is 0.800. The van der Waals surface area contributed by atoms with Gasteiger partial charge in [-0.1, -0.05) is 0 Å². The fourth-order valence-corrected chi connectivity index (χ4v) is 0.182. The van der Waals surface area contributed by atoms with Crippen LogP contribution in [0.15, 0.2) is 0 Å². The van der Waals surface area contributed by atoms with E-state index in [1.165, 1.54) is 6.92 Å². The average Bonchev–Trinajstić information content (AvgIpc) is 1.79. The molecule has 0 N–H and O–H groups in total. The first kappa shape index (κ1) is 13.7. The minimum Gasteiger partial charge on any atom is -0.463 e. The van der Waals surface area contributed by atoms with Crippen LogP contribution >= 0.6 is 0 Å². The zero-order valence-corrected chi connectivity index (χ0v) is 6.12. The molecule has 0 saturated carbocycles. The van der Waals surface area contributed by atoms with Crippen LogP contribution in [0.5, 0.6) is 0 Å². The predicted molar refractivity (Wildman–Crippen MR) is 29.8 cm³/mol. The lowest BCUT2D eigenvalue weighted by molar-refractivity contribution is -0.237. The molecule has 0 aromatic carbocycles. The second-order valence-corrected chi connectivity index (χ2v) is 1.46. The van der Waals surface area contributed by atoms with Crippen molar-refractivity contribution in [2.45, 2.75) is 13.4 Å². The monoisotopic (exact) mass is 194 g/mol. The zero-order chi connectivity index (χ0) is 10.2. The zero-order valence-electron chi connectivity index (χ0n) is 6.12. The van der Waals surface area contributed by atoms with Crippen molar-refractivity contribution in [3.63, 3.8) is 0 Å². The molecule has 12 heavy (non-hydrogen) atoms. The van der Waals surface area contributed by atoms with Crippen LogP contribution in [0.1, 0.15) is 6.92 Å². The molecule has 0 aromatic rings. The van der Waals surface area contributed by atoms with Crippen molar-refractivity contribution in [2.75, 3.05) is 13.3 Å². The molecule has 0 saturated heterocycles. The van der Waals surface area contributed by atoms with Crippen molar-refractivity contribution in [3.05, 3.63) is 0 Å². The van der Waals surface area contributed by atoms with Gasteiger partial charge in [-0.3, -0.25) is 4.79 Å². The van der Waals surface area contributed by atoms with Gasteiger partial charge in [-0.15, -0.1) is 17.6 Å². The molecule has 0 aromatic heterocycles. The standard InChI is InChI=1S/C4H7FO2.CF4/c1-4(6)7-3-2-5;2-1(3,4)5/h2-3H2,1H3;. The van der Waals surface area contributed by atoms with Gasteiger partial charge in [0, 0.05) is 6.92 Å². The van der Waals surface area contributed by atoms with E-state index in [0.29, 0.717) is 0 Å². The van der Waals surface area contributed by atoms with E-state index < -0.39 is 19.1 Å². The molecule has 0 aliphatic heterocycles. The Hall–Kier alpha value is -0.880. The average molecular weight is 194 g/mol. The van der Waals surface area contributed by atoms with Gasteiger partial charge in [-0.2, -0.15) is 0 Å².